The van der Waals surface area contributed by atoms with Crippen molar-refractivity contribution in [2.24, 2.45) is 0 Å². The number of benzene rings is 1. The number of aromatic carboxylic acids is 1. The van der Waals surface area contributed by atoms with Gasteiger partial charge in [0.05, 0.1) is 0 Å². The quantitative estimate of drug-likeness (QED) is 0.909. The Bertz CT molecular complexity index is 691. The monoisotopic (exact) mass is 298 g/mol. The summed E-state index contributed by atoms with van der Waals surface area (Å²) in [5.41, 5.74) is 3.85. The molecule has 2 rings (SSSR count). The zero-order valence-corrected chi connectivity index (χ0v) is 13.6. The van der Waals surface area contributed by atoms with E-state index >= 15 is 0 Å². The van der Waals surface area contributed by atoms with Crippen molar-refractivity contribution in [2.45, 2.75) is 27.7 Å². The minimum atomic E-state index is -0.939. The van der Waals surface area contributed by atoms with Gasteiger partial charge in [-0.2, -0.15) is 0 Å². The standard InChI is InChI=1S/C18H22N2O2/c1-5-20(6-2)17-16(18(21)22)15(11-13(4)19-17)14-9-7-8-12(3)10-14/h7-11H,5-6H2,1-4H3,(H,21,22). The lowest BCUT2D eigenvalue weighted by Crippen LogP contribution is -2.26. The first kappa shape index (κ1) is 16.0. The Kier molecular flexibility index (Phi) is 4.81. The molecule has 4 nitrogen and oxygen atoms in total. The van der Waals surface area contributed by atoms with Gasteiger partial charge in [-0.25, -0.2) is 9.78 Å². The largest absolute Gasteiger partial charge is 0.478 e. The van der Waals surface area contributed by atoms with Gasteiger partial charge in [0.1, 0.15) is 11.4 Å². The lowest BCUT2D eigenvalue weighted by atomic mass is 9.98. The number of nitrogens with zero attached hydrogens (tertiary/aromatic N) is 2. The zero-order chi connectivity index (χ0) is 16.3. The van der Waals surface area contributed by atoms with E-state index in [-0.39, 0.29) is 5.56 Å². The third kappa shape index (κ3) is 3.11. The van der Waals surface area contributed by atoms with Crippen LogP contribution in [0.1, 0.15) is 35.5 Å². The van der Waals surface area contributed by atoms with Crippen LogP contribution in [0.15, 0.2) is 30.3 Å². The van der Waals surface area contributed by atoms with Crippen LogP contribution < -0.4 is 4.90 Å². The van der Waals surface area contributed by atoms with Crippen LogP contribution in [0.5, 0.6) is 0 Å². The third-order valence-electron chi connectivity index (χ3n) is 3.73. The first-order valence-corrected chi connectivity index (χ1v) is 7.54. The minimum Gasteiger partial charge on any atom is -0.478 e. The molecule has 4 heteroatoms. The number of carboxylic acid groups (broad SMARTS) is 1. The number of rotatable bonds is 5. The van der Waals surface area contributed by atoms with Gasteiger partial charge in [0.15, 0.2) is 0 Å². The zero-order valence-electron chi connectivity index (χ0n) is 13.6. The Balaban J connectivity index is 2.75. The Morgan fingerprint density at radius 2 is 1.86 bits per heavy atom. The molecule has 2 aromatic rings. The summed E-state index contributed by atoms with van der Waals surface area (Å²) in [6.07, 6.45) is 0. The normalized spacial score (nSPS) is 10.5. The van der Waals surface area contributed by atoms with Crippen molar-refractivity contribution in [3.8, 4) is 11.1 Å². The van der Waals surface area contributed by atoms with Crippen molar-refractivity contribution in [3.63, 3.8) is 0 Å². The van der Waals surface area contributed by atoms with Crippen LogP contribution in [0.2, 0.25) is 0 Å². The van der Waals surface area contributed by atoms with E-state index in [1.165, 1.54) is 0 Å². The highest BCUT2D eigenvalue weighted by atomic mass is 16.4. The summed E-state index contributed by atoms with van der Waals surface area (Å²) >= 11 is 0. The first-order valence-electron chi connectivity index (χ1n) is 7.54. The molecular weight excluding hydrogens is 276 g/mol. The number of hydrogen-bond acceptors (Lipinski definition) is 3. The Morgan fingerprint density at radius 3 is 2.41 bits per heavy atom. The Labute approximate surface area is 131 Å². The fourth-order valence-corrected chi connectivity index (χ4v) is 2.66. The molecule has 116 valence electrons. The summed E-state index contributed by atoms with van der Waals surface area (Å²) in [5, 5.41) is 9.74. The van der Waals surface area contributed by atoms with E-state index in [9.17, 15) is 9.90 Å². The van der Waals surface area contributed by atoms with Crippen LogP contribution in [0, 0.1) is 13.8 Å². The summed E-state index contributed by atoms with van der Waals surface area (Å²) in [6, 6.07) is 9.76. The molecule has 0 unspecified atom stereocenters. The van der Waals surface area contributed by atoms with Crippen molar-refractivity contribution in [2.75, 3.05) is 18.0 Å². The Morgan fingerprint density at radius 1 is 1.18 bits per heavy atom. The molecule has 1 aromatic carbocycles. The molecular formula is C18H22N2O2. The highest BCUT2D eigenvalue weighted by Crippen LogP contribution is 2.31. The molecule has 0 fully saturated rings. The predicted molar refractivity (Wildman–Crippen MR) is 89.7 cm³/mol. The molecule has 0 saturated heterocycles. The molecule has 0 aliphatic rings. The van der Waals surface area contributed by atoms with Gasteiger partial charge in [0, 0.05) is 24.3 Å². The predicted octanol–water partition coefficient (Wildman–Crippen LogP) is 3.91. The van der Waals surface area contributed by atoms with E-state index in [2.05, 4.69) is 4.98 Å². The number of aryl methyl sites for hydroxylation is 2. The van der Waals surface area contributed by atoms with E-state index < -0.39 is 5.97 Å². The van der Waals surface area contributed by atoms with E-state index in [0.29, 0.717) is 5.82 Å². The summed E-state index contributed by atoms with van der Waals surface area (Å²) in [6.45, 7) is 9.36. The number of carboxylic acids is 1. The van der Waals surface area contributed by atoms with Crippen LogP contribution in [0.25, 0.3) is 11.1 Å². The average Bonchev–Trinajstić information content (AvgIpc) is 2.47. The van der Waals surface area contributed by atoms with Crippen molar-refractivity contribution in [1.29, 1.82) is 0 Å². The molecule has 0 amide bonds. The SMILES string of the molecule is CCN(CC)c1nc(C)cc(-c2cccc(C)c2)c1C(=O)O. The Hall–Kier alpha value is -2.36. The second-order valence-electron chi connectivity index (χ2n) is 5.36. The number of anilines is 1. The van der Waals surface area contributed by atoms with Gasteiger partial charge >= 0.3 is 5.97 Å². The lowest BCUT2D eigenvalue weighted by Gasteiger charge is -2.23. The summed E-state index contributed by atoms with van der Waals surface area (Å²) < 4.78 is 0. The first-order chi connectivity index (χ1) is 10.5. The molecule has 0 radical (unpaired) electrons. The number of hydrogen-bond donors (Lipinski definition) is 1. The van der Waals surface area contributed by atoms with Crippen LogP contribution in [0.3, 0.4) is 0 Å². The topological polar surface area (TPSA) is 53.4 Å². The smallest absolute Gasteiger partial charge is 0.340 e. The van der Waals surface area contributed by atoms with E-state index in [1.54, 1.807) is 0 Å². The highest BCUT2D eigenvalue weighted by molar-refractivity contribution is 6.01. The molecule has 0 aliphatic carbocycles. The maximum absolute atomic E-state index is 11.9. The molecule has 0 aliphatic heterocycles. The maximum Gasteiger partial charge on any atom is 0.340 e. The van der Waals surface area contributed by atoms with Crippen molar-refractivity contribution in [1.82, 2.24) is 4.98 Å². The second-order valence-corrected chi connectivity index (χ2v) is 5.36. The fraction of sp³-hybridized carbons (Fsp3) is 0.333. The number of aromatic nitrogens is 1. The highest BCUT2D eigenvalue weighted by Gasteiger charge is 2.22. The van der Waals surface area contributed by atoms with E-state index in [0.717, 1.165) is 35.5 Å². The molecule has 0 spiro atoms. The molecule has 1 heterocycles. The molecule has 1 N–H and O–H groups in total. The fourth-order valence-electron chi connectivity index (χ4n) is 2.66. The van der Waals surface area contributed by atoms with Gasteiger partial charge in [-0.3, -0.25) is 0 Å². The van der Waals surface area contributed by atoms with E-state index in [4.69, 9.17) is 0 Å². The van der Waals surface area contributed by atoms with Crippen LogP contribution in [0.4, 0.5) is 5.82 Å². The van der Waals surface area contributed by atoms with Gasteiger partial charge in [-0.1, -0.05) is 29.8 Å². The van der Waals surface area contributed by atoms with Gasteiger partial charge in [-0.15, -0.1) is 0 Å². The molecule has 0 bridgehead atoms. The van der Waals surface area contributed by atoms with Crippen LogP contribution in [-0.2, 0) is 0 Å². The van der Waals surface area contributed by atoms with Crippen molar-refractivity contribution < 1.29 is 9.90 Å². The van der Waals surface area contributed by atoms with Gasteiger partial charge < -0.3 is 10.0 Å². The van der Waals surface area contributed by atoms with Crippen molar-refractivity contribution >= 4 is 11.8 Å². The molecule has 1 aromatic heterocycles. The summed E-state index contributed by atoms with van der Waals surface area (Å²) in [5.74, 6) is -0.389. The van der Waals surface area contributed by atoms with Crippen molar-refractivity contribution in [3.05, 3.63) is 47.2 Å². The van der Waals surface area contributed by atoms with Gasteiger partial charge in [0.25, 0.3) is 0 Å². The third-order valence-corrected chi connectivity index (χ3v) is 3.73. The number of pyridine rings is 1. The summed E-state index contributed by atoms with van der Waals surface area (Å²) in [4.78, 5) is 18.4. The molecule has 0 saturated carbocycles. The van der Waals surface area contributed by atoms with Crippen LogP contribution >= 0.6 is 0 Å². The van der Waals surface area contributed by atoms with Gasteiger partial charge in [-0.05, 0) is 39.3 Å². The van der Waals surface area contributed by atoms with E-state index in [1.807, 2.05) is 62.9 Å². The lowest BCUT2D eigenvalue weighted by molar-refractivity contribution is 0.0698. The second kappa shape index (κ2) is 6.60. The van der Waals surface area contributed by atoms with Gasteiger partial charge in [0.2, 0.25) is 0 Å². The molecule has 22 heavy (non-hydrogen) atoms. The average molecular weight is 298 g/mol. The number of carbonyl (C=O) groups is 1. The summed E-state index contributed by atoms with van der Waals surface area (Å²) in [7, 11) is 0. The molecule has 0 atom stereocenters. The van der Waals surface area contributed by atoms with Crippen LogP contribution in [-0.4, -0.2) is 29.1 Å². The minimum absolute atomic E-state index is 0.278. The maximum atomic E-state index is 11.9.